The van der Waals surface area contributed by atoms with E-state index in [2.05, 4.69) is 10.1 Å². The second-order valence-corrected chi connectivity index (χ2v) is 7.35. The monoisotopic (exact) mass is 436 g/mol. The van der Waals surface area contributed by atoms with E-state index < -0.39 is 5.97 Å². The molecule has 0 spiro atoms. The molecule has 2 aromatic carbocycles. The van der Waals surface area contributed by atoms with Gasteiger partial charge in [0.15, 0.2) is 0 Å². The maximum Gasteiger partial charge on any atom is 0.309 e. The van der Waals surface area contributed by atoms with E-state index >= 15 is 0 Å². The summed E-state index contributed by atoms with van der Waals surface area (Å²) in [6, 6.07) is 17.4. The lowest BCUT2D eigenvalue weighted by molar-refractivity contribution is -0.135. The Morgan fingerprint density at radius 1 is 1.19 bits per heavy atom. The maximum absolute atomic E-state index is 11.2. The molecule has 1 aromatic heterocycles. The quantitative estimate of drug-likeness (QED) is 0.326. The van der Waals surface area contributed by atoms with Crippen molar-refractivity contribution < 1.29 is 23.9 Å². The number of carboxylic acid groups (broad SMARTS) is 1. The first kappa shape index (κ1) is 23.1. The molecule has 1 atom stereocenters. The van der Waals surface area contributed by atoms with Gasteiger partial charge in [-0.05, 0) is 43.7 Å². The molecule has 32 heavy (non-hydrogen) atoms. The van der Waals surface area contributed by atoms with E-state index in [4.69, 9.17) is 14.0 Å². The van der Waals surface area contributed by atoms with Crippen molar-refractivity contribution >= 4 is 11.7 Å². The summed E-state index contributed by atoms with van der Waals surface area (Å²) in [5, 5.41) is 13.2. The van der Waals surface area contributed by atoms with Crippen LogP contribution in [0.1, 0.15) is 43.2 Å². The molecule has 0 fully saturated rings. The highest BCUT2D eigenvalue weighted by molar-refractivity contribution is 6.01. The molecule has 0 radical (unpaired) electrons. The lowest BCUT2D eigenvalue weighted by Gasteiger charge is -2.15. The van der Waals surface area contributed by atoms with Gasteiger partial charge in [-0.25, -0.2) is 4.98 Å². The minimum absolute atomic E-state index is 0.179. The van der Waals surface area contributed by atoms with Crippen LogP contribution in [0, 0.1) is 6.92 Å². The van der Waals surface area contributed by atoms with Crippen LogP contribution in [0.5, 0.6) is 5.75 Å². The molecule has 0 amide bonds. The lowest BCUT2D eigenvalue weighted by atomic mass is 9.94. The molecule has 168 valence electrons. The molecule has 7 nitrogen and oxygen atoms in total. The number of aliphatic carboxylic acids is 1. The van der Waals surface area contributed by atoms with Crippen LogP contribution in [-0.4, -0.2) is 35.0 Å². The number of aromatic nitrogens is 1. The van der Waals surface area contributed by atoms with E-state index in [-0.39, 0.29) is 12.3 Å². The largest absolute Gasteiger partial charge is 0.493 e. The van der Waals surface area contributed by atoms with Gasteiger partial charge < -0.3 is 19.1 Å². The Morgan fingerprint density at radius 2 is 1.97 bits per heavy atom. The van der Waals surface area contributed by atoms with Crippen molar-refractivity contribution in [1.82, 2.24) is 4.98 Å². The number of hydrogen-bond acceptors (Lipinski definition) is 6. The predicted molar refractivity (Wildman–Crippen MR) is 122 cm³/mol. The van der Waals surface area contributed by atoms with Crippen molar-refractivity contribution in [2.75, 3.05) is 13.2 Å². The van der Waals surface area contributed by atoms with Gasteiger partial charge in [-0.1, -0.05) is 42.4 Å². The number of aryl methyl sites for hydroxylation is 1. The molecule has 1 unspecified atom stereocenters. The van der Waals surface area contributed by atoms with Crippen LogP contribution in [0.15, 0.2) is 64.2 Å². The Hall–Kier alpha value is -3.61. The molecule has 1 N–H and O–H groups in total. The number of nitrogens with zero attached hydrogens (tertiary/aromatic N) is 2. The fourth-order valence-electron chi connectivity index (χ4n) is 3.26. The zero-order valence-electron chi connectivity index (χ0n) is 18.6. The highest BCUT2D eigenvalue weighted by atomic mass is 16.6. The zero-order valence-corrected chi connectivity index (χ0v) is 18.6. The second-order valence-electron chi connectivity index (χ2n) is 7.35. The van der Waals surface area contributed by atoms with Crippen molar-refractivity contribution in [3.05, 3.63) is 71.6 Å². The highest BCUT2D eigenvalue weighted by Gasteiger charge is 2.18. The number of carbonyl (C=O) groups is 1. The summed E-state index contributed by atoms with van der Waals surface area (Å²) in [6.45, 7) is 6.43. The second kappa shape index (κ2) is 11.1. The molecule has 3 rings (SSSR count). The van der Waals surface area contributed by atoms with Crippen molar-refractivity contribution in [1.29, 1.82) is 0 Å². The van der Waals surface area contributed by atoms with Crippen molar-refractivity contribution in [2.45, 2.75) is 39.5 Å². The summed E-state index contributed by atoms with van der Waals surface area (Å²) < 4.78 is 11.7. The third-order valence-electron chi connectivity index (χ3n) is 5.02. The third kappa shape index (κ3) is 6.20. The number of benzene rings is 2. The molecule has 0 aliphatic heterocycles. The van der Waals surface area contributed by atoms with E-state index in [1.165, 1.54) is 0 Å². The van der Waals surface area contributed by atoms with Gasteiger partial charge in [-0.15, -0.1) is 0 Å². The minimum atomic E-state index is -0.944. The Kier molecular flexibility index (Phi) is 8.02. The van der Waals surface area contributed by atoms with Crippen molar-refractivity contribution in [3.63, 3.8) is 0 Å². The van der Waals surface area contributed by atoms with E-state index in [1.54, 1.807) is 6.92 Å². The summed E-state index contributed by atoms with van der Waals surface area (Å²) in [4.78, 5) is 20.9. The predicted octanol–water partition coefficient (Wildman–Crippen LogP) is 5.24. The molecule has 0 saturated heterocycles. The summed E-state index contributed by atoms with van der Waals surface area (Å²) in [5.41, 5.74) is 3.17. The molecule has 3 aromatic rings. The molecular formula is C25H28N2O5. The van der Waals surface area contributed by atoms with Gasteiger partial charge >= 0.3 is 5.97 Å². The van der Waals surface area contributed by atoms with Crippen LogP contribution in [0.25, 0.3) is 11.5 Å². The van der Waals surface area contributed by atoms with Gasteiger partial charge in [-0.3, -0.25) is 4.79 Å². The molecule has 0 bridgehead atoms. The van der Waals surface area contributed by atoms with Crippen LogP contribution < -0.4 is 4.74 Å². The van der Waals surface area contributed by atoms with Crippen molar-refractivity contribution in [3.8, 4) is 17.2 Å². The topological polar surface area (TPSA) is 94.2 Å². The number of hydrogen-bond donors (Lipinski definition) is 1. The van der Waals surface area contributed by atoms with Gasteiger partial charge in [-0.2, -0.15) is 0 Å². The average molecular weight is 437 g/mol. The molecule has 7 heteroatoms. The molecule has 1 heterocycles. The fraction of sp³-hybridized carbons (Fsp3) is 0.320. The normalized spacial score (nSPS) is 12.4. The Labute approximate surface area is 187 Å². The fourth-order valence-corrected chi connectivity index (χ4v) is 3.26. The first-order valence-corrected chi connectivity index (χ1v) is 10.6. The number of oxime groups is 1. The number of ether oxygens (including phenoxy) is 1. The van der Waals surface area contributed by atoms with E-state index in [1.807, 2.05) is 68.4 Å². The van der Waals surface area contributed by atoms with E-state index in [9.17, 15) is 9.90 Å². The van der Waals surface area contributed by atoms with Gasteiger partial charge in [0, 0.05) is 17.9 Å². The van der Waals surface area contributed by atoms with Gasteiger partial charge in [0.05, 0.1) is 24.4 Å². The summed E-state index contributed by atoms with van der Waals surface area (Å²) >= 11 is 0. The smallest absolute Gasteiger partial charge is 0.309 e. The first-order valence-electron chi connectivity index (χ1n) is 10.6. The minimum Gasteiger partial charge on any atom is -0.493 e. The van der Waals surface area contributed by atoms with Gasteiger partial charge in [0.2, 0.25) is 5.89 Å². The Bertz CT molecular complexity index is 1060. The van der Waals surface area contributed by atoms with Crippen LogP contribution in [0.4, 0.5) is 0 Å². The SMILES string of the molecule is CCON=C(CC(=O)O)C(C)c1cccc(OCCc2nc(-c3ccccc3)oc2C)c1. The lowest BCUT2D eigenvalue weighted by Crippen LogP contribution is -2.15. The molecule has 0 aliphatic rings. The van der Waals surface area contributed by atoms with Gasteiger partial charge in [0.25, 0.3) is 0 Å². The zero-order chi connectivity index (χ0) is 22.9. The molecule has 0 saturated carbocycles. The molecule has 0 aliphatic carbocycles. The Balaban J connectivity index is 1.64. The van der Waals surface area contributed by atoms with E-state index in [0.717, 1.165) is 22.6 Å². The van der Waals surface area contributed by atoms with Crippen LogP contribution in [0.3, 0.4) is 0 Å². The summed E-state index contributed by atoms with van der Waals surface area (Å²) in [7, 11) is 0. The third-order valence-corrected chi connectivity index (χ3v) is 5.02. The number of oxazole rings is 1. The van der Waals surface area contributed by atoms with E-state index in [0.29, 0.717) is 37.0 Å². The van der Waals surface area contributed by atoms with Gasteiger partial charge in [0.1, 0.15) is 18.1 Å². The standard InChI is InChI=1S/C25H28N2O5/c1-4-31-27-23(16-24(28)29)17(2)20-11-8-12-21(15-20)30-14-13-22-18(3)32-25(26-22)19-9-6-5-7-10-19/h5-12,15,17H,4,13-14,16H2,1-3H3,(H,28,29). The summed E-state index contributed by atoms with van der Waals surface area (Å²) in [5.74, 6) is 0.923. The number of rotatable bonds is 11. The highest BCUT2D eigenvalue weighted by Crippen LogP contribution is 2.25. The average Bonchev–Trinajstić information content (AvgIpc) is 3.17. The molecular weight excluding hydrogens is 408 g/mol. The first-order chi connectivity index (χ1) is 15.5. The van der Waals surface area contributed by atoms with Crippen LogP contribution in [0.2, 0.25) is 0 Å². The van der Waals surface area contributed by atoms with Crippen molar-refractivity contribution in [2.24, 2.45) is 5.16 Å². The van der Waals surface area contributed by atoms with Crippen LogP contribution >= 0.6 is 0 Å². The maximum atomic E-state index is 11.2. The Morgan fingerprint density at radius 3 is 2.69 bits per heavy atom. The summed E-state index contributed by atoms with van der Waals surface area (Å²) in [6.07, 6.45) is 0.430. The number of carboxylic acids is 1. The van der Waals surface area contributed by atoms with Crippen LogP contribution in [-0.2, 0) is 16.1 Å².